The van der Waals surface area contributed by atoms with Crippen molar-refractivity contribution in [2.75, 3.05) is 19.6 Å². The Morgan fingerprint density at radius 2 is 2.04 bits per heavy atom. The summed E-state index contributed by atoms with van der Waals surface area (Å²) in [6.07, 6.45) is 2.08. The van der Waals surface area contributed by atoms with E-state index >= 15 is 0 Å². The van der Waals surface area contributed by atoms with Crippen molar-refractivity contribution in [1.29, 1.82) is 0 Å². The van der Waals surface area contributed by atoms with E-state index in [-0.39, 0.29) is 42.4 Å². The van der Waals surface area contributed by atoms with Gasteiger partial charge in [-0.05, 0) is 65.1 Å². The SMILES string of the molecule is Cc1cc(=O)n(CC(=O)NC(C)C)c(C)c1C(=O)NCCC1CCNC1.Cl. The lowest BCUT2D eigenvalue weighted by Gasteiger charge is -2.17. The van der Waals surface area contributed by atoms with Crippen LogP contribution in [0.2, 0.25) is 0 Å². The number of hydrogen-bond acceptors (Lipinski definition) is 4. The molecule has 7 nitrogen and oxygen atoms in total. The zero-order chi connectivity index (χ0) is 19.3. The fraction of sp³-hybridized carbons (Fsp3) is 0.632. The van der Waals surface area contributed by atoms with Crippen LogP contribution in [0.5, 0.6) is 0 Å². The van der Waals surface area contributed by atoms with Crippen molar-refractivity contribution in [3.63, 3.8) is 0 Å². The van der Waals surface area contributed by atoms with Gasteiger partial charge in [0.15, 0.2) is 0 Å². The summed E-state index contributed by atoms with van der Waals surface area (Å²) in [6, 6.07) is 1.42. The maximum Gasteiger partial charge on any atom is 0.253 e. The second-order valence-corrected chi connectivity index (χ2v) is 7.34. The molecule has 8 heteroatoms. The van der Waals surface area contributed by atoms with Crippen LogP contribution in [0.4, 0.5) is 0 Å². The molecule has 1 saturated heterocycles. The Bertz CT molecular complexity index is 724. The molecule has 0 bridgehead atoms. The number of pyridine rings is 1. The maximum atomic E-state index is 12.6. The topological polar surface area (TPSA) is 92.2 Å². The zero-order valence-corrected chi connectivity index (χ0v) is 17.4. The standard InChI is InChI=1S/C19H30N4O3.ClH/c1-12(2)22-16(24)11-23-14(4)18(13(3)9-17(23)25)19(26)21-8-6-15-5-7-20-10-15;/h9,12,15,20H,5-8,10-11H2,1-4H3,(H,21,26)(H,22,24);1H. The molecule has 0 saturated carbocycles. The third-order valence-electron chi connectivity index (χ3n) is 4.75. The highest BCUT2D eigenvalue weighted by molar-refractivity contribution is 5.96. The van der Waals surface area contributed by atoms with Crippen LogP contribution in [0.1, 0.15) is 48.3 Å². The van der Waals surface area contributed by atoms with Gasteiger partial charge < -0.3 is 20.5 Å². The summed E-state index contributed by atoms with van der Waals surface area (Å²) in [5, 5.41) is 9.04. The number of aryl methyl sites for hydroxylation is 1. The number of hydrogen-bond donors (Lipinski definition) is 3. The van der Waals surface area contributed by atoms with Crippen molar-refractivity contribution >= 4 is 24.2 Å². The molecule has 1 fully saturated rings. The van der Waals surface area contributed by atoms with Crippen molar-refractivity contribution in [3.8, 4) is 0 Å². The Kier molecular flexibility index (Phi) is 8.99. The Labute approximate surface area is 166 Å². The lowest BCUT2D eigenvalue weighted by molar-refractivity contribution is -0.122. The normalized spacial score (nSPS) is 16.1. The minimum absolute atomic E-state index is 0. The average Bonchev–Trinajstić information content (AvgIpc) is 3.04. The Balaban J connectivity index is 0.00000364. The third-order valence-corrected chi connectivity index (χ3v) is 4.75. The Morgan fingerprint density at radius 1 is 1.33 bits per heavy atom. The van der Waals surface area contributed by atoms with E-state index < -0.39 is 0 Å². The summed E-state index contributed by atoms with van der Waals surface area (Å²) in [6.45, 7) is 9.76. The highest BCUT2D eigenvalue weighted by Gasteiger charge is 2.19. The van der Waals surface area contributed by atoms with Gasteiger partial charge in [-0.1, -0.05) is 0 Å². The van der Waals surface area contributed by atoms with E-state index in [0.29, 0.717) is 29.3 Å². The predicted octanol–water partition coefficient (Wildman–Crippen LogP) is 1.14. The molecule has 0 aromatic carbocycles. The van der Waals surface area contributed by atoms with E-state index in [9.17, 15) is 14.4 Å². The van der Waals surface area contributed by atoms with Gasteiger partial charge in [-0.3, -0.25) is 14.4 Å². The monoisotopic (exact) mass is 398 g/mol. The van der Waals surface area contributed by atoms with Crippen LogP contribution in [0.25, 0.3) is 0 Å². The van der Waals surface area contributed by atoms with E-state index in [1.54, 1.807) is 13.8 Å². The summed E-state index contributed by atoms with van der Waals surface area (Å²) in [4.78, 5) is 37.0. The summed E-state index contributed by atoms with van der Waals surface area (Å²) in [7, 11) is 0. The van der Waals surface area contributed by atoms with Gasteiger partial charge in [0, 0.05) is 24.3 Å². The molecule has 2 rings (SSSR count). The lowest BCUT2D eigenvalue weighted by Crippen LogP contribution is -2.38. The first-order valence-corrected chi connectivity index (χ1v) is 9.29. The van der Waals surface area contributed by atoms with E-state index in [1.807, 2.05) is 13.8 Å². The molecular formula is C19H31ClN4O3. The Hall–Kier alpha value is -1.86. The molecular weight excluding hydrogens is 368 g/mol. The number of carbonyl (C=O) groups is 2. The molecule has 2 heterocycles. The third kappa shape index (κ3) is 6.36. The largest absolute Gasteiger partial charge is 0.352 e. The van der Waals surface area contributed by atoms with Gasteiger partial charge in [-0.25, -0.2) is 0 Å². The first-order chi connectivity index (χ1) is 12.3. The molecule has 0 aliphatic carbocycles. The molecule has 1 aromatic rings. The highest BCUT2D eigenvalue weighted by Crippen LogP contribution is 2.13. The number of halogens is 1. The summed E-state index contributed by atoms with van der Waals surface area (Å²) in [5.41, 5.74) is 1.36. The molecule has 1 atom stereocenters. The van der Waals surface area contributed by atoms with E-state index in [1.165, 1.54) is 10.6 Å². The molecule has 2 amide bonds. The first kappa shape index (κ1) is 23.2. The highest BCUT2D eigenvalue weighted by atomic mass is 35.5. The zero-order valence-electron chi connectivity index (χ0n) is 16.6. The van der Waals surface area contributed by atoms with Crippen LogP contribution in [-0.4, -0.2) is 42.1 Å². The molecule has 152 valence electrons. The average molecular weight is 399 g/mol. The van der Waals surface area contributed by atoms with E-state index in [2.05, 4.69) is 16.0 Å². The van der Waals surface area contributed by atoms with Gasteiger partial charge >= 0.3 is 0 Å². The second-order valence-electron chi connectivity index (χ2n) is 7.34. The van der Waals surface area contributed by atoms with Crippen LogP contribution >= 0.6 is 12.4 Å². The van der Waals surface area contributed by atoms with Gasteiger partial charge in [0.05, 0.1) is 5.56 Å². The van der Waals surface area contributed by atoms with Crippen LogP contribution in [0, 0.1) is 19.8 Å². The molecule has 27 heavy (non-hydrogen) atoms. The smallest absolute Gasteiger partial charge is 0.253 e. The number of nitrogens with zero attached hydrogens (tertiary/aromatic N) is 1. The first-order valence-electron chi connectivity index (χ1n) is 9.29. The van der Waals surface area contributed by atoms with E-state index in [0.717, 1.165) is 25.9 Å². The molecule has 0 spiro atoms. The molecule has 1 aliphatic rings. The van der Waals surface area contributed by atoms with Crippen molar-refractivity contribution in [2.45, 2.75) is 53.1 Å². The van der Waals surface area contributed by atoms with Crippen LogP contribution in [0.3, 0.4) is 0 Å². The summed E-state index contributed by atoms with van der Waals surface area (Å²) in [5.74, 6) is 0.171. The van der Waals surface area contributed by atoms with Crippen molar-refractivity contribution in [2.24, 2.45) is 5.92 Å². The van der Waals surface area contributed by atoms with Gasteiger partial charge in [-0.2, -0.15) is 0 Å². The van der Waals surface area contributed by atoms with Gasteiger partial charge in [0.2, 0.25) is 5.91 Å². The molecule has 3 N–H and O–H groups in total. The minimum atomic E-state index is -0.271. The van der Waals surface area contributed by atoms with Crippen molar-refractivity contribution in [1.82, 2.24) is 20.5 Å². The van der Waals surface area contributed by atoms with E-state index in [4.69, 9.17) is 0 Å². The fourth-order valence-electron chi connectivity index (χ4n) is 3.41. The number of carbonyl (C=O) groups excluding carboxylic acids is 2. The van der Waals surface area contributed by atoms with Crippen LogP contribution < -0.4 is 21.5 Å². The number of aromatic nitrogens is 1. The molecule has 1 aromatic heterocycles. The van der Waals surface area contributed by atoms with Gasteiger partial charge in [0.1, 0.15) is 6.54 Å². The number of nitrogens with one attached hydrogen (secondary N) is 3. The van der Waals surface area contributed by atoms with Crippen molar-refractivity contribution < 1.29 is 9.59 Å². The quantitative estimate of drug-likeness (QED) is 0.642. The summed E-state index contributed by atoms with van der Waals surface area (Å²) < 4.78 is 1.36. The predicted molar refractivity (Wildman–Crippen MR) is 109 cm³/mol. The number of rotatable bonds is 7. The van der Waals surface area contributed by atoms with Crippen LogP contribution in [0.15, 0.2) is 10.9 Å². The second kappa shape index (κ2) is 10.5. The van der Waals surface area contributed by atoms with Gasteiger partial charge in [-0.15, -0.1) is 12.4 Å². The molecule has 1 unspecified atom stereocenters. The summed E-state index contributed by atoms with van der Waals surface area (Å²) >= 11 is 0. The fourth-order valence-corrected chi connectivity index (χ4v) is 3.41. The molecule has 1 aliphatic heterocycles. The van der Waals surface area contributed by atoms with Crippen LogP contribution in [-0.2, 0) is 11.3 Å². The Morgan fingerprint density at radius 3 is 2.63 bits per heavy atom. The lowest BCUT2D eigenvalue weighted by atomic mass is 10.0. The number of amides is 2. The maximum absolute atomic E-state index is 12.6. The van der Waals surface area contributed by atoms with Crippen molar-refractivity contribution in [3.05, 3.63) is 33.2 Å². The minimum Gasteiger partial charge on any atom is -0.352 e. The molecule has 0 radical (unpaired) electrons. The van der Waals surface area contributed by atoms with Gasteiger partial charge in [0.25, 0.3) is 11.5 Å².